The van der Waals surface area contributed by atoms with Gasteiger partial charge in [-0.3, -0.25) is 4.79 Å². The van der Waals surface area contributed by atoms with Gasteiger partial charge in [0.05, 0.1) is 11.2 Å². The van der Waals surface area contributed by atoms with Crippen molar-refractivity contribution in [3.63, 3.8) is 0 Å². The Bertz CT molecular complexity index is 874. The van der Waals surface area contributed by atoms with Crippen LogP contribution in [-0.4, -0.2) is 27.1 Å². The maximum atomic E-state index is 12.0. The monoisotopic (exact) mass is 344 g/mol. The first-order valence-corrected chi connectivity index (χ1v) is 9.02. The van der Waals surface area contributed by atoms with E-state index in [9.17, 15) is 13.2 Å². The molecule has 2 rings (SSSR count). The van der Waals surface area contributed by atoms with Crippen LogP contribution < -0.4 is 5.32 Å². The summed E-state index contributed by atoms with van der Waals surface area (Å²) in [5.74, 6) is -0.0558. The molecule has 1 aromatic heterocycles. The molecule has 0 saturated heterocycles. The van der Waals surface area contributed by atoms with Crippen LogP contribution in [0.25, 0.3) is 6.08 Å². The van der Waals surface area contributed by atoms with E-state index in [1.54, 1.807) is 24.3 Å². The second kappa shape index (κ2) is 7.62. The van der Waals surface area contributed by atoms with Crippen molar-refractivity contribution in [3.8, 4) is 6.07 Å². The molecule has 1 amide bonds. The number of nitrogens with one attached hydrogen (secondary N) is 1. The Morgan fingerprint density at radius 1 is 1.29 bits per heavy atom. The zero-order chi connectivity index (χ0) is 17.6. The second-order valence-corrected chi connectivity index (χ2v) is 7.12. The highest BCUT2D eigenvalue weighted by Gasteiger charge is 2.10. The Hall–Kier alpha value is -2.85. The number of carbonyl (C=O) groups is 1. The summed E-state index contributed by atoms with van der Waals surface area (Å²) in [7, 11) is -3.22. The number of nitriles is 1. The van der Waals surface area contributed by atoms with Crippen molar-refractivity contribution in [2.75, 3.05) is 12.8 Å². The molecule has 0 unspecified atom stereocenters. The third-order valence-electron chi connectivity index (χ3n) is 3.25. The molecule has 0 radical (unpaired) electrons. The van der Waals surface area contributed by atoms with E-state index in [2.05, 4.69) is 5.32 Å². The zero-order valence-electron chi connectivity index (χ0n) is 13.0. The molecule has 0 bridgehead atoms. The first-order valence-electron chi connectivity index (χ1n) is 7.12. The normalized spacial score (nSPS) is 11.8. The summed E-state index contributed by atoms with van der Waals surface area (Å²) in [4.78, 5) is 12.2. The summed E-state index contributed by atoms with van der Waals surface area (Å²) in [6.45, 7) is 0.328. The first-order chi connectivity index (χ1) is 11.4. The largest absolute Gasteiger partial charge is 0.465 e. The molecule has 1 N–H and O–H groups in total. The number of carbonyl (C=O) groups excluding carboxylic acids is 1. The maximum absolute atomic E-state index is 12.0. The van der Waals surface area contributed by atoms with Crippen LogP contribution in [0.1, 0.15) is 11.3 Å². The fourth-order valence-corrected chi connectivity index (χ4v) is 2.61. The van der Waals surface area contributed by atoms with Gasteiger partial charge in [0.2, 0.25) is 0 Å². The summed E-state index contributed by atoms with van der Waals surface area (Å²) in [6, 6.07) is 11.6. The molecule has 0 aliphatic heterocycles. The van der Waals surface area contributed by atoms with Crippen molar-refractivity contribution >= 4 is 21.8 Å². The van der Waals surface area contributed by atoms with Gasteiger partial charge in [-0.15, -0.1) is 0 Å². The lowest BCUT2D eigenvalue weighted by molar-refractivity contribution is -0.117. The fourth-order valence-electron chi connectivity index (χ4n) is 1.98. The summed E-state index contributed by atoms with van der Waals surface area (Å²) >= 11 is 0. The number of hydrogen-bond donors (Lipinski definition) is 1. The summed E-state index contributed by atoms with van der Waals surface area (Å²) in [6.07, 6.45) is 4.50. The van der Waals surface area contributed by atoms with Gasteiger partial charge in [0.25, 0.3) is 5.91 Å². The summed E-state index contributed by atoms with van der Waals surface area (Å²) in [5.41, 5.74) is 0.841. The topological polar surface area (TPSA) is 100 Å². The standard InChI is InChI=1S/C17H16N2O4S/c1-24(21,22)16-6-4-13(5-7-16)8-9-19-17(20)14(12-18)11-15-3-2-10-23-15/h2-7,10-11H,8-9H2,1H3,(H,19,20). The maximum Gasteiger partial charge on any atom is 0.262 e. The molecule has 6 nitrogen and oxygen atoms in total. The van der Waals surface area contributed by atoms with Crippen LogP contribution in [0.5, 0.6) is 0 Å². The molecular formula is C17H16N2O4S. The molecule has 0 spiro atoms. The Kier molecular flexibility index (Phi) is 5.55. The first kappa shape index (κ1) is 17.5. The highest BCUT2D eigenvalue weighted by Crippen LogP contribution is 2.11. The predicted molar refractivity (Wildman–Crippen MR) is 88.6 cm³/mol. The molecular weight excluding hydrogens is 328 g/mol. The van der Waals surface area contributed by atoms with Crippen LogP contribution in [0.15, 0.2) is 57.5 Å². The highest BCUT2D eigenvalue weighted by atomic mass is 32.2. The molecule has 124 valence electrons. The van der Waals surface area contributed by atoms with Crippen LogP contribution in [0.4, 0.5) is 0 Å². The lowest BCUT2D eigenvalue weighted by Crippen LogP contribution is -2.26. The van der Waals surface area contributed by atoms with Gasteiger partial charge in [-0.2, -0.15) is 5.26 Å². The van der Waals surface area contributed by atoms with Gasteiger partial charge in [0.1, 0.15) is 17.4 Å². The van der Waals surface area contributed by atoms with Crippen molar-refractivity contribution in [2.24, 2.45) is 0 Å². The molecule has 1 aromatic carbocycles. The van der Waals surface area contributed by atoms with Gasteiger partial charge in [-0.05, 0) is 36.2 Å². The van der Waals surface area contributed by atoms with E-state index in [-0.39, 0.29) is 10.5 Å². The van der Waals surface area contributed by atoms with Crippen molar-refractivity contribution in [3.05, 3.63) is 59.6 Å². The predicted octanol–water partition coefficient (Wildman–Crippen LogP) is 1.95. The van der Waals surface area contributed by atoms with Gasteiger partial charge in [-0.25, -0.2) is 8.42 Å². The van der Waals surface area contributed by atoms with Crippen LogP contribution in [0.3, 0.4) is 0 Å². The summed E-state index contributed by atoms with van der Waals surface area (Å²) in [5, 5.41) is 11.7. The van der Waals surface area contributed by atoms with E-state index in [0.717, 1.165) is 11.8 Å². The average molecular weight is 344 g/mol. The molecule has 1 heterocycles. The van der Waals surface area contributed by atoms with E-state index in [0.29, 0.717) is 18.7 Å². The van der Waals surface area contributed by atoms with Crippen LogP contribution >= 0.6 is 0 Å². The van der Waals surface area contributed by atoms with Gasteiger partial charge < -0.3 is 9.73 Å². The van der Waals surface area contributed by atoms with E-state index in [4.69, 9.17) is 9.68 Å². The van der Waals surface area contributed by atoms with E-state index < -0.39 is 15.7 Å². The Labute approximate surface area is 140 Å². The molecule has 2 aromatic rings. The van der Waals surface area contributed by atoms with E-state index in [1.165, 1.54) is 24.5 Å². The van der Waals surface area contributed by atoms with Gasteiger partial charge in [0, 0.05) is 18.9 Å². The van der Waals surface area contributed by atoms with E-state index in [1.807, 2.05) is 6.07 Å². The van der Waals surface area contributed by atoms with Crippen molar-refractivity contribution in [1.29, 1.82) is 5.26 Å². The van der Waals surface area contributed by atoms with E-state index >= 15 is 0 Å². The molecule has 0 aliphatic rings. The number of hydrogen-bond acceptors (Lipinski definition) is 5. The third kappa shape index (κ3) is 4.83. The van der Waals surface area contributed by atoms with Gasteiger partial charge in [-0.1, -0.05) is 12.1 Å². The molecule has 0 atom stereocenters. The minimum Gasteiger partial charge on any atom is -0.465 e. The number of sulfone groups is 1. The SMILES string of the molecule is CS(=O)(=O)c1ccc(CCNC(=O)C(C#N)=Cc2ccco2)cc1. The Balaban J connectivity index is 1.91. The van der Waals surface area contributed by atoms with Crippen LogP contribution in [0.2, 0.25) is 0 Å². The highest BCUT2D eigenvalue weighted by molar-refractivity contribution is 7.90. The molecule has 0 fully saturated rings. The van der Waals surface area contributed by atoms with Gasteiger partial charge >= 0.3 is 0 Å². The molecule has 7 heteroatoms. The summed E-state index contributed by atoms with van der Waals surface area (Å²) < 4.78 is 27.8. The lowest BCUT2D eigenvalue weighted by atomic mass is 10.1. The quantitative estimate of drug-likeness (QED) is 0.638. The number of nitrogens with zero attached hydrogens (tertiary/aromatic N) is 1. The lowest BCUT2D eigenvalue weighted by Gasteiger charge is -2.05. The minimum atomic E-state index is -3.22. The van der Waals surface area contributed by atoms with Gasteiger partial charge in [0.15, 0.2) is 9.84 Å². The number of benzene rings is 1. The number of furan rings is 1. The van der Waals surface area contributed by atoms with Crippen molar-refractivity contribution in [2.45, 2.75) is 11.3 Å². The Morgan fingerprint density at radius 3 is 2.54 bits per heavy atom. The molecule has 0 aliphatic carbocycles. The minimum absolute atomic E-state index is 0.0441. The Morgan fingerprint density at radius 2 is 2.00 bits per heavy atom. The van der Waals surface area contributed by atoms with Crippen LogP contribution in [0, 0.1) is 11.3 Å². The van der Waals surface area contributed by atoms with Crippen LogP contribution in [-0.2, 0) is 21.1 Å². The smallest absolute Gasteiger partial charge is 0.262 e. The van der Waals surface area contributed by atoms with Crippen molar-refractivity contribution < 1.29 is 17.6 Å². The second-order valence-electron chi connectivity index (χ2n) is 5.11. The molecule has 0 saturated carbocycles. The fraction of sp³-hybridized carbons (Fsp3) is 0.176. The number of amides is 1. The average Bonchev–Trinajstić information content (AvgIpc) is 3.05. The molecule has 24 heavy (non-hydrogen) atoms. The third-order valence-corrected chi connectivity index (χ3v) is 4.37. The number of rotatable bonds is 6. The zero-order valence-corrected chi connectivity index (χ0v) is 13.8. The van der Waals surface area contributed by atoms with Crippen molar-refractivity contribution in [1.82, 2.24) is 5.32 Å².